The Labute approximate surface area is 190 Å². The number of pyridine rings is 1. The lowest BCUT2D eigenvalue weighted by Crippen LogP contribution is -2.49. The van der Waals surface area contributed by atoms with Gasteiger partial charge in [-0.2, -0.15) is 0 Å². The number of nitrogens with one attached hydrogen (secondary N) is 2. The molecule has 7 heteroatoms. The molecule has 0 amide bonds. The number of aromatic hydroxyl groups is 1. The molecular formula is C22H32IN5O. The number of nitrogens with zero attached hydrogens (tertiary/aromatic N) is 3. The molecule has 0 aliphatic carbocycles. The molecule has 0 radical (unpaired) electrons. The fraction of sp³-hybridized carbons (Fsp3) is 0.455. The van der Waals surface area contributed by atoms with E-state index in [1.807, 2.05) is 18.3 Å². The molecule has 3 N–H and O–H groups in total. The summed E-state index contributed by atoms with van der Waals surface area (Å²) in [6, 6.07) is 12.0. The molecule has 3 rings (SSSR count). The number of guanidine groups is 1. The van der Waals surface area contributed by atoms with E-state index in [4.69, 9.17) is 4.99 Å². The first kappa shape index (κ1) is 23.3. The monoisotopic (exact) mass is 509 g/mol. The third-order valence-corrected chi connectivity index (χ3v) is 4.98. The van der Waals surface area contributed by atoms with Gasteiger partial charge < -0.3 is 20.6 Å². The van der Waals surface area contributed by atoms with E-state index >= 15 is 0 Å². The van der Waals surface area contributed by atoms with Gasteiger partial charge in [-0.3, -0.25) is 4.99 Å². The summed E-state index contributed by atoms with van der Waals surface area (Å²) in [5.74, 6) is 2.24. The fourth-order valence-electron chi connectivity index (χ4n) is 3.42. The number of benzene rings is 1. The molecule has 158 valence electrons. The van der Waals surface area contributed by atoms with Crippen LogP contribution in [0.25, 0.3) is 0 Å². The SMILES string of the molecule is CCNC(=NCCc1cccc(O)c1)NC1CCN(c2ccc(C)cn2)CC1.I. The lowest BCUT2D eigenvalue weighted by Gasteiger charge is -2.33. The summed E-state index contributed by atoms with van der Waals surface area (Å²) >= 11 is 0. The number of piperidine rings is 1. The highest BCUT2D eigenvalue weighted by Gasteiger charge is 2.20. The zero-order valence-electron chi connectivity index (χ0n) is 17.3. The highest BCUT2D eigenvalue weighted by Crippen LogP contribution is 2.18. The maximum absolute atomic E-state index is 9.57. The highest BCUT2D eigenvalue weighted by atomic mass is 127. The quantitative estimate of drug-likeness (QED) is 0.316. The Balaban J connectivity index is 0.00000300. The Morgan fingerprint density at radius 3 is 2.69 bits per heavy atom. The zero-order valence-corrected chi connectivity index (χ0v) is 19.6. The molecule has 29 heavy (non-hydrogen) atoms. The van der Waals surface area contributed by atoms with Crippen LogP contribution in [0.2, 0.25) is 0 Å². The van der Waals surface area contributed by atoms with Gasteiger partial charge in [0.25, 0.3) is 0 Å². The predicted octanol–water partition coefficient (Wildman–Crippen LogP) is 3.48. The van der Waals surface area contributed by atoms with Gasteiger partial charge in [0.2, 0.25) is 0 Å². The minimum atomic E-state index is 0. The lowest BCUT2D eigenvalue weighted by molar-refractivity contribution is 0.459. The molecule has 0 unspecified atom stereocenters. The van der Waals surface area contributed by atoms with Crippen LogP contribution in [-0.4, -0.2) is 48.3 Å². The van der Waals surface area contributed by atoms with E-state index in [-0.39, 0.29) is 24.0 Å². The van der Waals surface area contributed by atoms with Crippen molar-refractivity contribution in [3.05, 3.63) is 53.7 Å². The van der Waals surface area contributed by atoms with Crippen molar-refractivity contribution in [2.75, 3.05) is 31.1 Å². The topological polar surface area (TPSA) is 72.8 Å². The van der Waals surface area contributed by atoms with Crippen LogP contribution in [0.4, 0.5) is 5.82 Å². The van der Waals surface area contributed by atoms with Crippen molar-refractivity contribution in [2.45, 2.75) is 39.2 Å². The summed E-state index contributed by atoms with van der Waals surface area (Å²) in [4.78, 5) is 11.6. The number of phenols is 1. The van der Waals surface area contributed by atoms with Gasteiger partial charge in [0.1, 0.15) is 11.6 Å². The maximum atomic E-state index is 9.57. The van der Waals surface area contributed by atoms with Gasteiger partial charge in [-0.05, 0) is 62.4 Å². The number of aromatic nitrogens is 1. The standard InChI is InChI=1S/C22H31N5O.HI/c1-3-23-22(24-12-9-18-5-4-6-20(28)15-18)26-19-10-13-27(14-11-19)21-8-7-17(2)16-25-21;/h4-8,15-16,19,28H,3,9-14H2,1-2H3,(H2,23,24,26);1H. The van der Waals surface area contributed by atoms with Gasteiger partial charge >= 0.3 is 0 Å². The summed E-state index contributed by atoms with van der Waals surface area (Å²) in [5, 5.41) is 16.5. The van der Waals surface area contributed by atoms with Crippen molar-refractivity contribution in [1.29, 1.82) is 0 Å². The number of aliphatic imine (C=N–C) groups is 1. The molecule has 2 heterocycles. The number of hydrogen-bond acceptors (Lipinski definition) is 4. The summed E-state index contributed by atoms with van der Waals surface area (Å²) in [5.41, 5.74) is 2.29. The molecule has 1 aromatic heterocycles. The normalized spacial score (nSPS) is 15.0. The summed E-state index contributed by atoms with van der Waals surface area (Å²) in [7, 11) is 0. The Hall–Kier alpha value is -2.03. The van der Waals surface area contributed by atoms with E-state index < -0.39 is 0 Å². The predicted molar refractivity (Wildman–Crippen MR) is 131 cm³/mol. The van der Waals surface area contributed by atoms with Gasteiger partial charge in [-0.1, -0.05) is 18.2 Å². The van der Waals surface area contributed by atoms with Gasteiger partial charge in [0.15, 0.2) is 5.96 Å². The third kappa shape index (κ3) is 7.38. The van der Waals surface area contributed by atoms with Gasteiger partial charge in [0.05, 0.1) is 0 Å². The average Bonchev–Trinajstić information content (AvgIpc) is 2.69. The number of hydrogen-bond donors (Lipinski definition) is 3. The van der Waals surface area contributed by atoms with Crippen LogP contribution in [0.3, 0.4) is 0 Å². The van der Waals surface area contributed by atoms with Gasteiger partial charge in [-0.15, -0.1) is 24.0 Å². The van der Waals surface area contributed by atoms with Crippen molar-refractivity contribution in [1.82, 2.24) is 15.6 Å². The average molecular weight is 509 g/mol. The Kier molecular flexibility index (Phi) is 9.50. The van der Waals surface area contributed by atoms with Crippen molar-refractivity contribution < 1.29 is 5.11 Å². The van der Waals surface area contributed by atoms with Crippen molar-refractivity contribution >= 4 is 35.8 Å². The molecule has 0 bridgehead atoms. The highest BCUT2D eigenvalue weighted by molar-refractivity contribution is 14.0. The smallest absolute Gasteiger partial charge is 0.191 e. The molecular weight excluding hydrogens is 477 g/mol. The second-order valence-electron chi connectivity index (χ2n) is 7.28. The Morgan fingerprint density at radius 2 is 2.03 bits per heavy atom. The number of halogens is 1. The van der Waals surface area contributed by atoms with E-state index in [1.165, 1.54) is 5.56 Å². The number of aryl methyl sites for hydroxylation is 1. The lowest BCUT2D eigenvalue weighted by atomic mass is 10.1. The fourth-order valence-corrected chi connectivity index (χ4v) is 3.42. The molecule has 1 fully saturated rings. The van der Waals surface area contributed by atoms with E-state index in [2.05, 4.69) is 46.5 Å². The van der Waals surface area contributed by atoms with Crippen LogP contribution in [0.1, 0.15) is 30.9 Å². The van der Waals surface area contributed by atoms with Crippen LogP contribution in [0, 0.1) is 6.92 Å². The largest absolute Gasteiger partial charge is 0.508 e. The summed E-state index contributed by atoms with van der Waals surface area (Å²) < 4.78 is 0. The minimum Gasteiger partial charge on any atom is -0.508 e. The van der Waals surface area contributed by atoms with Gasteiger partial charge in [0, 0.05) is 38.4 Å². The second-order valence-corrected chi connectivity index (χ2v) is 7.28. The maximum Gasteiger partial charge on any atom is 0.191 e. The molecule has 0 saturated carbocycles. The van der Waals surface area contributed by atoms with Crippen LogP contribution < -0.4 is 15.5 Å². The summed E-state index contributed by atoms with van der Waals surface area (Å²) in [6.45, 7) is 7.66. The third-order valence-electron chi connectivity index (χ3n) is 4.98. The first-order valence-corrected chi connectivity index (χ1v) is 10.1. The van der Waals surface area contributed by atoms with E-state index in [0.717, 1.165) is 56.2 Å². The van der Waals surface area contributed by atoms with Crippen molar-refractivity contribution in [3.63, 3.8) is 0 Å². The van der Waals surface area contributed by atoms with Crippen LogP contribution in [-0.2, 0) is 6.42 Å². The Bertz CT molecular complexity index is 773. The molecule has 0 spiro atoms. The molecule has 2 aromatic rings. The molecule has 1 aromatic carbocycles. The van der Waals surface area contributed by atoms with Crippen LogP contribution in [0.5, 0.6) is 5.75 Å². The van der Waals surface area contributed by atoms with Crippen molar-refractivity contribution in [2.24, 2.45) is 4.99 Å². The van der Waals surface area contributed by atoms with Crippen molar-refractivity contribution in [3.8, 4) is 5.75 Å². The van der Waals surface area contributed by atoms with E-state index in [9.17, 15) is 5.11 Å². The van der Waals surface area contributed by atoms with Gasteiger partial charge in [-0.25, -0.2) is 4.98 Å². The molecule has 1 aliphatic heterocycles. The number of phenolic OH excluding ortho intramolecular Hbond substituents is 1. The molecule has 1 aliphatic rings. The first-order valence-electron chi connectivity index (χ1n) is 10.1. The van der Waals surface area contributed by atoms with Crippen LogP contribution >= 0.6 is 24.0 Å². The first-order chi connectivity index (χ1) is 13.6. The molecule has 0 atom stereocenters. The second kappa shape index (κ2) is 11.8. The number of anilines is 1. The Morgan fingerprint density at radius 1 is 1.24 bits per heavy atom. The number of rotatable bonds is 6. The molecule has 6 nitrogen and oxygen atoms in total. The van der Waals surface area contributed by atoms with Crippen LogP contribution in [0.15, 0.2) is 47.6 Å². The van der Waals surface area contributed by atoms with E-state index in [0.29, 0.717) is 18.3 Å². The molecule has 1 saturated heterocycles. The van der Waals surface area contributed by atoms with E-state index in [1.54, 1.807) is 12.1 Å². The summed E-state index contributed by atoms with van der Waals surface area (Å²) in [6.07, 6.45) is 4.86. The minimum absolute atomic E-state index is 0. The zero-order chi connectivity index (χ0) is 19.8.